The normalized spacial score (nSPS) is 12.4. The Morgan fingerprint density at radius 2 is 2.00 bits per heavy atom. The summed E-state index contributed by atoms with van der Waals surface area (Å²) in [6.45, 7) is 1.83. The molecule has 94 valence electrons. The molecule has 2 rings (SSSR count). The molecule has 0 saturated carbocycles. The molecule has 2 nitrogen and oxygen atoms in total. The van der Waals surface area contributed by atoms with E-state index in [0.717, 1.165) is 34.5 Å². The molecule has 1 aromatic heterocycles. The lowest BCUT2D eigenvalue weighted by Gasteiger charge is -2.06. The standard InChI is InChI=1S/C13H12F2N2S/c1-8(16)12-5-3-10(7-17-12)18-13-6-9(14)2-4-11(13)15/h2-8H,16H2,1H3/t8-/m1/s1. The molecular formula is C13H12F2N2S. The van der Waals surface area contributed by atoms with Crippen molar-refractivity contribution in [3.8, 4) is 0 Å². The molecule has 0 aliphatic heterocycles. The first kappa shape index (κ1) is 13.0. The van der Waals surface area contributed by atoms with Gasteiger partial charge in [-0.05, 0) is 37.3 Å². The summed E-state index contributed by atoms with van der Waals surface area (Å²) >= 11 is 1.13. The molecule has 0 bridgehead atoms. The van der Waals surface area contributed by atoms with E-state index < -0.39 is 11.6 Å². The van der Waals surface area contributed by atoms with Crippen LogP contribution in [0.15, 0.2) is 46.3 Å². The largest absolute Gasteiger partial charge is 0.323 e. The average molecular weight is 266 g/mol. The van der Waals surface area contributed by atoms with Gasteiger partial charge in [-0.3, -0.25) is 4.98 Å². The van der Waals surface area contributed by atoms with Crippen LogP contribution in [0.5, 0.6) is 0 Å². The Morgan fingerprint density at radius 1 is 1.22 bits per heavy atom. The lowest BCUT2D eigenvalue weighted by molar-refractivity contribution is 0.577. The van der Waals surface area contributed by atoms with Gasteiger partial charge in [0.05, 0.1) is 10.6 Å². The molecular weight excluding hydrogens is 254 g/mol. The third-order valence-electron chi connectivity index (χ3n) is 2.35. The maximum atomic E-state index is 13.4. The van der Waals surface area contributed by atoms with Crippen molar-refractivity contribution in [3.05, 3.63) is 53.9 Å². The van der Waals surface area contributed by atoms with Crippen LogP contribution in [0.1, 0.15) is 18.7 Å². The Labute approximate surface area is 108 Å². The molecule has 0 spiro atoms. The lowest BCUT2D eigenvalue weighted by atomic mass is 10.2. The molecule has 0 aliphatic rings. The van der Waals surface area contributed by atoms with Crippen molar-refractivity contribution in [2.24, 2.45) is 5.73 Å². The summed E-state index contributed by atoms with van der Waals surface area (Å²) in [6, 6.07) is 6.80. The Balaban J connectivity index is 2.21. The van der Waals surface area contributed by atoms with Gasteiger partial charge >= 0.3 is 0 Å². The number of aromatic nitrogens is 1. The Hall–Kier alpha value is -1.46. The van der Waals surface area contributed by atoms with Gasteiger partial charge in [0.25, 0.3) is 0 Å². The molecule has 0 fully saturated rings. The molecule has 18 heavy (non-hydrogen) atoms. The highest BCUT2D eigenvalue weighted by Crippen LogP contribution is 2.30. The molecule has 5 heteroatoms. The molecule has 0 saturated heterocycles. The minimum Gasteiger partial charge on any atom is -0.323 e. The van der Waals surface area contributed by atoms with Gasteiger partial charge in [0.1, 0.15) is 11.6 Å². The summed E-state index contributed by atoms with van der Waals surface area (Å²) in [5.74, 6) is -0.906. The van der Waals surface area contributed by atoms with E-state index in [9.17, 15) is 8.78 Å². The first-order chi connectivity index (χ1) is 8.56. The third kappa shape index (κ3) is 3.05. The highest BCUT2D eigenvalue weighted by Gasteiger charge is 2.07. The molecule has 1 heterocycles. The number of nitrogens with two attached hydrogens (primary N) is 1. The van der Waals surface area contributed by atoms with E-state index in [-0.39, 0.29) is 10.9 Å². The monoisotopic (exact) mass is 266 g/mol. The van der Waals surface area contributed by atoms with Crippen molar-refractivity contribution in [2.45, 2.75) is 22.8 Å². The van der Waals surface area contributed by atoms with E-state index in [1.54, 1.807) is 18.3 Å². The summed E-state index contributed by atoms with van der Waals surface area (Å²) in [5.41, 5.74) is 6.44. The van der Waals surface area contributed by atoms with Crippen LogP contribution in [0.3, 0.4) is 0 Å². The number of hydrogen-bond acceptors (Lipinski definition) is 3. The van der Waals surface area contributed by atoms with Gasteiger partial charge < -0.3 is 5.73 Å². The predicted molar refractivity (Wildman–Crippen MR) is 67.3 cm³/mol. The Kier molecular flexibility index (Phi) is 3.93. The Morgan fingerprint density at radius 3 is 2.61 bits per heavy atom. The summed E-state index contributed by atoms with van der Waals surface area (Å²) in [5, 5.41) is 0. The maximum absolute atomic E-state index is 13.4. The van der Waals surface area contributed by atoms with Crippen LogP contribution in [0, 0.1) is 11.6 Å². The molecule has 0 unspecified atom stereocenters. The van der Waals surface area contributed by atoms with Crippen molar-refractivity contribution in [1.29, 1.82) is 0 Å². The minimum absolute atomic E-state index is 0.144. The zero-order valence-electron chi connectivity index (χ0n) is 9.73. The lowest BCUT2D eigenvalue weighted by Crippen LogP contribution is -2.06. The van der Waals surface area contributed by atoms with Crippen LogP contribution >= 0.6 is 11.8 Å². The van der Waals surface area contributed by atoms with Crippen molar-refractivity contribution in [1.82, 2.24) is 4.98 Å². The van der Waals surface area contributed by atoms with Gasteiger partial charge in [0, 0.05) is 17.1 Å². The van der Waals surface area contributed by atoms with Gasteiger partial charge in [0.15, 0.2) is 0 Å². The fourth-order valence-corrected chi connectivity index (χ4v) is 2.24. The first-order valence-electron chi connectivity index (χ1n) is 5.40. The van der Waals surface area contributed by atoms with Crippen molar-refractivity contribution >= 4 is 11.8 Å². The number of hydrogen-bond donors (Lipinski definition) is 1. The minimum atomic E-state index is -0.459. The number of halogens is 2. The van der Waals surface area contributed by atoms with Crippen LogP contribution in [-0.4, -0.2) is 4.98 Å². The summed E-state index contributed by atoms with van der Waals surface area (Å²) < 4.78 is 26.4. The van der Waals surface area contributed by atoms with Crippen LogP contribution in [0.4, 0.5) is 8.78 Å². The van der Waals surface area contributed by atoms with Crippen LogP contribution in [0.25, 0.3) is 0 Å². The fourth-order valence-electron chi connectivity index (χ4n) is 1.40. The van der Waals surface area contributed by atoms with Crippen LogP contribution in [0.2, 0.25) is 0 Å². The summed E-state index contributed by atoms with van der Waals surface area (Å²) in [6.07, 6.45) is 1.60. The van der Waals surface area contributed by atoms with Crippen molar-refractivity contribution < 1.29 is 8.78 Å². The number of rotatable bonds is 3. The topological polar surface area (TPSA) is 38.9 Å². The Bertz CT molecular complexity index is 541. The molecule has 2 aromatic rings. The van der Waals surface area contributed by atoms with Crippen LogP contribution in [-0.2, 0) is 0 Å². The quantitative estimate of drug-likeness (QED) is 0.923. The molecule has 0 aliphatic carbocycles. The van der Waals surface area contributed by atoms with E-state index >= 15 is 0 Å². The molecule has 0 amide bonds. The fraction of sp³-hybridized carbons (Fsp3) is 0.154. The van der Waals surface area contributed by atoms with E-state index in [1.165, 1.54) is 6.07 Å². The first-order valence-corrected chi connectivity index (χ1v) is 6.22. The highest BCUT2D eigenvalue weighted by atomic mass is 32.2. The summed E-state index contributed by atoms with van der Waals surface area (Å²) in [4.78, 5) is 5.15. The predicted octanol–water partition coefficient (Wildman–Crippen LogP) is 3.53. The molecule has 1 aromatic carbocycles. The van der Waals surface area contributed by atoms with E-state index in [4.69, 9.17) is 5.73 Å². The van der Waals surface area contributed by atoms with E-state index in [2.05, 4.69) is 4.98 Å². The van der Waals surface area contributed by atoms with E-state index in [1.807, 2.05) is 6.92 Å². The highest BCUT2D eigenvalue weighted by molar-refractivity contribution is 7.99. The summed E-state index contributed by atoms with van der Waals surface area (Å²) in [7, 11) is 0. The second kappa shape index (κ2) is 5.46. The third-order valence-corrected chi connectivity index (χ3v) is 3.36. The average Bonchev–Trinajstić information content (AvgIpc) is 2.34. The van der Waals surface area contributed by atoms with Gasteiger partial charge in [0.2, 0.25) is 0 Å². The van der Waals surface area contributed by atoms with E-state index in [0.29, 0.717) is 0 Å². The smallest absolute Gasteiger partial charge is 0.137 e. The van der Waals surface area contributed by atoms with Crippen LogP contribution < -0.4 is 5.73 Å². The van der Waals surface area contributed by atoms with Gasteiger partial charge in [-0.2, -0.15) is 0 Å². The number of nitrogens with zero attached hydrogens (tertiary/aromatic N) is 1. The zero-order chi connectivity index (χ0) is 13.1. The molecule has 0 radical (unpaired) electrons. The second-order valence-electron chi connectivity index (χ2n) is 3.88. The number of pyridine rings is 1. The van der Waals surface area contributed by atoms with Crippen molar-refractivity contribution in [2.75, 3.05) is 0 Å². The van der Waals surface area contributed by atoms with Gasteiger partial charge in [-0.1, -0.05) is 11.8 Å². The SMILES string of the molecule is C[C@@H](N)c1ccc(Sc2cc(F)ccc2F)cn1. The molecule has 2 N–H and O–H groups in total. The van der Waals surface area contributed by atoms with Gasteiger partial charge in [-0.15, -0.1) is 0 Å². The second-order valence-corrected chi connectivity index (χ2v) is 5.00. The maximum Gasteiger partial charge on any atom is 0.137 e. The number of benzene rings is 1. The van der Waals surface area contributed by atoms with Crippen molar-refractivity contribution in [3.63, 3.8) is 0 Å². The zero-order valence-corrected chi connectivity index (χ0v) is 10.5. The molecule has 1 atom stereocenters. The van der Waals surface area contributed by atoms with Gasteiger partial charge in [-0.25, -0.2) is 8.78 Å².